The number of nitrogens with two attached hydrogens (primary N) is 1. The van der Waals surface area contributed by atoms with Crippen molar-refractivity contribution in [3.63, 3.8) is 0 Å². The predicted molar refractivity (Wildman–Crippen MR) is 307 cm³/mol. The van der Waals surface area contributed by atoms with Gasteiger partial charge in [0.25, 0.3) is 0 Å². The molecular weight excluding hydrogens is 1130 g/mol. The monoisotopic (exact) mass is 1210 g/mol. The number of ether oxygens (including phenoxy) is 3. The Morgan fingerprint density at radius 3 is 1.91 bits per heavy atom. The first-order chi connectivity index (χ1) is 40.6. The van der Waals surface area contributed by atoms with Crippen LogP contribution >= 0.6 is 0 Å². The van der Waals surface area contributed by atoms with Gasteiger partial charge in [-0.2, -0.15) is 0 Å². The second-order valence-electron chi connectivity index (χ2n) is 21.4. The molecule has 3 rings (SSSR count). The Morgan fingerprint density at radius 2 is 1.30 bits per heavy atom. The minimum Gasteiger partial charge on any atom is -0.481 e. The maximum Gasteiger partial charge on any atom is 0.303 e. The second kappa shape index (κ2) is 36.6. The third kappa shape index (κ3) is 25.6. The molecule has 2 aromatic carbocycles. The summed E-state index contributed by atoms with van der Waals surface area (Å²) in [5.74, 6) is -10.8. The van der Waals surface area contributed by atoms with Gasteiger partial charge < -0.3 is 81.6 Å². The molecule has 0 fully saturated rings. The van der Waals surface area contributed by atoms with Gasteiger partial charge in [0.2, 0.25) is 53.2 Å². The maximum atomic E-state index is 15.5. The number of halogens is 2. The lowest BCUT2D eigenvalue weighted by molar-refractivity contribution is -0.140. The van der Waals surface area contributed by atoms with Crippen molar-refractivity contribution in [1.82, 2.24) is 46.7 Å². The fraction of sp³-hybridized carbons (Fsp3) is 0.534. The van der Waals surface area contributed by atoms with E-state index in [4.69, 9.17) is 19.9 Å². The zero-order valence-corrected chi connectivity index (χ0v) is 49.6. The summed E-state index contributed by atoms with van der Waals surface area (Å²) in [6.07, 6.45) is -0.365. The van der Waals surface area contributed by atoms with E-state index in [9.17, 15) is 67.3 Å². The molecule has 0 saturated carbocycles. The molecule has 1 heterocycles. The highest BCUT2D eigenvalue weighted by Crippen LogP contribution is 2.41. The molecule has 0 spiro atoms. The van der Waals surface area contributed by atoms with Crippen LogP contribution in [0.4, 0.5) is 8.78 Å². The third-order valence-electron chi connectivity index (χ3n) is 13.1. The summed E-state index contributed by atoms with van der Waals surface area (Å²) in [6.45, 7) is 7.79. The number of rotatable bonds is 39. The van der Waals surface area contributed by atoms with Gasteiger partial charge in [0.05, 0.1) is 38.9 Å². The fourth-order valence-corrected chi connectivity index (χ4v) is 8.82. The van der Waals surface area contributed by atoms with E-state index in [1.165, 1.54) is 32.8 Å². The zero-order chi connectivity index (χ0) is 64.1. The minimum atomic E-state index is -1.80. The Morgan fingerprint density at radius 1 is 0.698 bits per heavy atom. The first-order valence-corrected chi connectivity index (χ1v) is 27.9. The Hall–Kier alpha value is -8.21. The number of benzene rings is 2. The van der Waals surface area contributed by atoms with Gasteiger partial charge in [-0.3, -0.25) is 47.9 Å². The van der Waals surface area contributed by atoms with Gasteiger partial charge in [-0.1, -0.05) is 51.1 Å². The third-order valence-corrected chi connectivity index (χ3v) is 13.1. The number of carboxylic acids is 1. The van der Waals surface area contributed by atoms with Crippen molar-refractivity contribution in [3.8, 4) is 11.1 Å². The number of nitrogens with one attached hydrogen (secondary N) is 7. The number of carbonyl (C=O) groups is 11. The lowest BCUT2D eigenvalue weighted by atomic mass is 9.82. The topological polar surface area (TPSA) is 374 Å². The van der Waals surface area contributed by atoms with Gasteiger partial charge in [-0.25, -0.2) is 8.78 Å². The van der Waals surface area contributed by atoms with E-state index in [-0.39, 0.29) is 75.4 Å². The van der Waals surface area contributed by atoms with Crippen LogP contribution < -0.4 is 43.0 Å². The molecule has 0 aliphatic heterocycles. The van der Waals surface area contributed by atoms with Crippen LogP contribution in [0.2, 0.25) is 0 Å². The van der Waals surface area contributed by atoms with Crippen molar-refractivity contribution in [2.24, 2.45) is 11.1 Å². The van der Waals surface area contributed by atoms with E-state index in [0.29, 0.717) is 18.9 Å². The Kier molecular flexibility index (Phi) is 30.7. The first-order valence-electron chi connectivity index (χ1n) is 27.9. The number of Topliss-reactive ketones (excluding diaryl/α,β-unsaturated/α-hetero) is 1. The van der Waals surface area contributed by atoms with E-state index >= 15 is 4.39 Å². The molecule has 86 heavy (non-hydrogen) atoms. The molecule has 474 valence electrons. The van der Waals surface area contributed by atoms with Gasteiger partial charge in [-0.05, 0) is 75.3 Å². The summed E-state index contributed by atoms with van der Waals surface area (Å²) >= 11 is 0. The Bertz CT molecular complexity index is 2800. The number of ketones is 1. The van der Waals surface area contributed by atoms with Crippen LogP contribution in [0.3, 0.4) is 0 Å². The zero-order valence-electron chi connectivity index (χ0n) is 49.6. The number of aliphatic hydroxyl groups excluding tert-OH is 1. The van der Waals surface area contributed by atoms with E-state index in [1.54, 1.807) is 55.8 Å². The molecular formula is C58H82F2N10O16. The van der Waals surface area contributed by atoms with Crippen LogP contribution in [-0.2, 0) is 73.5 Å². The maximum absolute atomic E-state index is 15.5. The summed E-state index contributed by atoms with van der Waals surface area (Å²) in [4.78, 5) is 145. The summed E-state index contributed by atoms with van der Waals surface area (Å²) in [5, 5.41) is 37.1. The molecule has 28 heteroatoms. The number of methoxy groups -OCH3 is 1. The lowest BCUT2D eigenvalue weighted by Gasteiger charge is -2.41. The van der Waals surface area contributed by atoms with Crippen molar-refractivity contribution >= 4 is 64.9 Å². The van der Waals surface area contributed by atoms with Gasteiger partial charge in [0.1, 0.15) is 60.8 Å². The lowest BCUT2D eigenvalue weighted by Crippen LogP contribution is -2.58. The molecule has 26 nitrogen and oxygen atoms in total. The standard InChI is InChI=1S/C58H82F2N10O16/c1-35(72)12-11-15-48(74)66-43(18-19-51(77)78)55(81)62-21-22-63-56(82)44(67-57(83)45(30-47(61)73)68-54(80)37(3)65-53(79)36(2)64-49(75)34-86-27-26-85-25-24-84-7)20-23-70(50(76)33-71)52(58(4,5)6)46-28-39(41-29-40(59)16-17-42(41)60)32-69(46)31-38-13-9-8-10-14-38/h8-10,13-14,16-17,28-29,32,36-37,43-45,52,71H,11-12,15,18-27,30-31,33-34H2,1-7H3,(H2,61,73)(H,62,81)(H,63,82)(H,64,75)(H,65,79)(H,66,74)(H,67,83)(H,68,80)(H,77,78)/t36-,37+,43+,44-,45-,52-/m0/s1. The van der Waals surface area contributed by atoms with Crippen molar-refractivity contribution in [2.75, 3.05) is 66.4 Å². The average molecular weight is 1210 g/mol. The highest BCUT2D eigenvalue weighted by molar-refractivity contribution is 5.97. The number of amides is 9. The highest BCUT2D eigenvalue weighted by atomic mass is 19.1. The number of nitrogens with zero attached hydrogens (tertiary/aromatic N) is 2. The molecule has 0 aliphatic rings. The first kappa shape index (κ1) is 72.1. The Labute approximate surface area is 497 Å². The molecule has 0 unspecified atom stereocenters. The molecule has 0 saturated heterocycles. The largest absolute Gasteiger partial charge is 0.481 e. The number of hydrogen-bond donors (Lipinski definition) is 10. The van der Waals surface area contributed by atoms with Gasteiger partial charge >= 0.3 is 5.97 Å². The molecule has 9 amide bonds. The molecule has 0 radical (unpaired) electrons. The summed E-state index contributed by atoms with van der Waals surface area (Å²) in [6, 6.07) is 5.20. The average Bonchev–Trinajstić information content (AvgIpc) is 2.32. The molecule has 0 bridgehead atoms. The molecule has 1 aromatic heterocycles. The van der Waals surface area contributed by atoms with Crippen molar-refractivity contribution in [1.29, 1.82) is 0 Å². The van der Waals surface area contributed by atoms with Crippen LogP contribution in [-0.4, -0.2) is 181 Å². The second-order valence-corrected chi connectivity index (χ2v) is 21.4. The number of aliphatic hydroxyl groups is 1. The summed E-state index contributed by atoms with van der Waals surface area (Å²) < 4.78 is 47.3. The van der Waals surface area contributed by atoms with Crippen molar-refractivity contribution in [2.45, 2.75) is 129 Å². The van der Waals surface area contributed by atoms with Gasteiger partial charge in [0.15, 0.2) is 0 Å². The number of aliphatic carboxylic acids is 1. The van der Waals surface area contributed by atoms with E-state index in [2.05, 4.69) is 37.2 Å². The van der Waals surface area contributed by atoms with E-state index < -0.39 is 151 Å². The van der Waals surface area contributed by atoms with Gasteiger partial charge in [-0.15, -0.1) is 0 Å². The quantitative estimate of drug-likeness (QED) is 0.0351. The molecule has 0 aliphatic carbocycles. The van der Waals surface area contributed by atoms with Gasteiger partial charge in [0, 0.05) is 75.6 Å². The smallest absolute Gasteiger partial charge is 0.303 e. The van der Waals surface area contributed by atoms with E-state index in [1.807, 2.05) is 12.1 Å². The summed E-state index contributed by atoms with van der Waals surface area (Å²) in [7, 11) is 1.51. The highest BCUT2D eigenvalue weighted by Gasteiger charge is 2.39. The van der Waals surface area contributed by atoms with Crippen LogP contribution in [0.15, 0.2) is 60.8 Å². The summed E-state index contributed by atoms with van der Waals surface area (Å²) in [5.41, 5.74) is 5.92. The van der Waals surface area contributed by atoms with Crippen molar-refractivity contribution < 1.29 is 85.9 Å². The number of carbonyl (C=O) groups excluding carboxylic acids is 10. The van der Waals surface area contributed by atoms with E-state index in [0.717, 1.165) is 23.8 Å². The molecule has 6 atom stereocenters. The number of primary amides is 1. The van der Waals surface area contributed by atoms with Crippen LogP contribution in [0.25, 0.3) is 11.1 Å². The number of carboxylic acid groups (broad SMARTS) is 1. The minimum absolute atomic E-state index is 0.0736. The normalized spacial score (nSPS) is 13.3. The number of hydrogen-bond acceptors (Lipinski definition) is 15. The Balaban J connectivity index is 1.99. The predicted octanol–water partition coefficient (Wildman–Crippen LogP) is 0.655. The SMILES string of the molecule is COCCOCCOCC(=O)N[C@@H](C)C(=O)N[C@H](C)C(=O)N[C@@H](CC(N)=O)C(=O)N[C@@H](CCN(C(=O)CO)[C@@H](c1cc(-c2cc(F)ccc2F)cn1Cc1ccccc1)C(C)(C)C)C(=O)NCCNC(=O)[C@@H](CCC(=O)O)NC(=O)CCCC(C)=O. The van der Waals surface area contributed by atoms with Crippen LogP contribution in [0, 0.1) is 17.0 Å². The van der Waals surface area contributed by atoms with Crippen LogP contribution in [0.1, 0.15) is 104 Å². The molecule has 11 N–H and O–H groups in total. The van der Waals surface area contributed by atoms with Crippen molar-refractivity contribution in [3.05, 3.63) is 83.7 Å². The fourth-order valence-electron chi connectivity index (χ4n) is 8.82. The number of aromatic nitrogens is 1. The molecule has 3 aromatic rings. The van der Waals surface area contributed by atoms with Crippen LogP contribution in [0.5, 0.6) is 0 Å².